The molecule has 2 aromatic heterocycles. The Morgan fingerprint density at radius 1 is 1.25 bits per heavy atom. The quantitative estimate of drug-likeness (QED) is 0.818. The van der Waals surface area contributed by atoms with Crippen LogP contribution in [0.5, 0.6) is 0 Å². The van der Waals surface area contributed by atoms with E-state index in [0.717, 1.165) is 0 Å². The predicted octanol–water partition coefficient (Wildman–Crippen LogP) is 2.12. The van der Waals surface area contributed by atoms with E-state index in [-0.39, 0.29) is 18.2 Å². The first-order chi connectivity index (χ1) is 9.70. The maximum Gasteiger partial charge on any atom is 0.374 e. The lowest BCUT2D eigenvalue weighted by atomic mass is 10.2. The Bertz CT molecular complexity index is 544. The summed E-state index contributed by atoms with van der Waals surface area (Å²) < 4.78 is 15.1. The fourth-order valence-electron chi connectivity index (χ4n) is 1.61. The fraction of sp³-hybridized carbons (Fsp3) is 0.286. The van der Waals surface area contributed by atoms with Crippen LogP contribution in [0.15, 0.2) is 45.6 Å². The molecule has 106 valence electrons. The molecule has 20 heavy (non-hydrogen) atoms. The summed E-state index contributed by atoms with van der Waals surface area (Å²) >= 11 is 0. The van der Waals surface area contributed by atoms with Crippen molar-refractivity contribution in [3.63, 3.8) is 0 Å². The molecule has 0 fully saturated rings. The lowest BCUT2D eigenvalue weighted by Gasteiger charge is -2.14. The van der Waals surface area contributed by atoms with Gasteiger partial charge in [0.1, 0.15) is 5.76 Å². The second-order valence-corrected chi connectivity index (χ2v) is 4.08. The van der Waals surface area contributed by atoms with E-state index in [4.69, 9.17) is 13.6 Å². The molecule has 0 aromatic carbocycles. The molecule has 1 atom stereocenters. The molecule has 2 rings (SSSR count). The van der Waals surface area contributed by atoms with Gasteiger partial charge in [-0.25, -0.2) is 4.79 Å². The SMILES string of the molecule is CC[C@H](OC(=O)c1ccco1)C(=O)NCc1ccco1. The maximum absolute atomic E-state index is 11.9. The van der Waals surface area contributed by atoms with E-state index >= 15 is 0 Å². The Balaban J connectivity index is 1.87. The van der Waals surface area contributed by atoms with Gasteiger partial charge in [0.2, 0.25) is 5.76 Å². The molecular formula is C14H15NO5. The van der Waals surface area contributed by atoms with E-state index in [1.165, 1.54) is 18.6 Å². The average molecular weight is 277 g/mol. The minimum Gasteiger partial charge on any atom is -0.467 e. The number of ether oxygens (including phenoxy) is 1. The molecule has 0 aliphatic carbocycles. The van der Waals surface area contributed by atoms with Crippen molar-refractivity contribution in [3.8, 4) is 0 Å². The molecule has 0 aliphatic rings. The summed E-state index contributed by atoms with van der Waals surface area (Å²) in [6.07, 6.45) is 2.41. The number of carbonyl (C=O) groups is 2. The third-order valence-corrected chi connectivity index (χ3v) is 2.65. The van der Waals surface area contributed by atoms with Gasteiger partial charge in [-0.2, -0.15) is 0 Å². The first kappa shape index (κ1) is 13.9. The Hall–Kier alpha value is -2.50. The molecule has 0 unspecified atom stereocenters. The maximum atomic E-state index is 11.9. The van der Waals surface area contributed by atoms with Gasteiger partial charge in [-0.3, -0.25) is 4.79 Å². The van der Waals surface area contributed by atoms with E-state index in [1.54, 1.807) is 25.1 Å². The molecule has 0 saturated heterocycles. The van der Waals surface area contributed by atoms with Gasteiger partial charge in [0, 0.05) is 0 Å². The summed E-state index contributed by atoms with van der Waals surface area (Å²) in [5.74, 6) is -0.327. The second kappa shape index (κ2) is 6.60. The van der Waals surface area contributed by atoms with E-state index in [0.29, 0.717) is 12.2 Å². The number of esters is 1. The van der Waals surface area contributed by atoms with Crippen LogP contribution in [0.3, 0.4) is 0 Å². The zero-order chi connectivity index (χ0) is 14.4. The Labute approximate surface area is 115 Å². The van der Waals surface area contributed by atoms with Gasteiger partial charge in [-0.1, -0.05) is 6.92 Å². The Morgan fingerprint density at radius 2 is 2.00 bits per heavy atom. The number of nitrogens with one attached hydrogen (secondary N) is 1. The molecule has 0 aliphatic heterocycles. The predicted molar refractivity (Wildman–Crippen MR) is 68.8 cm³/mol. The molecule has 0 bridgehead atoms. The zero-order valence-electron chi connectivity index (χ0n) is 11.0. The van der Waals surface area contributed by atoms with Gasteiger partial charge in [-0.15, -0.1) is 0 Å². The minimum atomic E-state index is -0.859. The lowest BCUT2D eigenvalue weighted by molar-refractivity contribution is -0.130. The van der Waals surface area contributed by atoms with Crippen LogP contribution in [0.25, 0.3) is 0 Å². The fourth-order valence-corrected chi connectivity index (χ4v) is 1.61. The number of hydrogen-bond donors (Lipinski definition) is 1. The van der Waals surface area contributed by atoms with Crippen LogP contribution in [-0.4, -0.2) is 18.0 Å². The number of furan rings is 2. The highest BCUT2D eigenvalue weighted by molar-refractivity contribution is 5.90. The topological polar surface area (TPSA) is 81.7 Å². The van der Waals surface area contributed by atoms with Gasteiger partial charge in [-0.05, 0) is 30.7 Å². The van der Waals surface area contributed by atoms with Crippen molar-refractivity contribution in [2.45, 2.75) is 26.0 Å². The van der Waals surface area contributed by atoms with Gasteiger partial charge in [0.25, 0.3) is 5.91 Å². The van der Waals surface area contributed by atoms with Crippen LogP contribution in [0.2, 0.25) is 0 Å². The second-order valence-electron chi connectivity index (χ2n) is 4.08. The van der Waals surface area contributed by atoms with Crippen molar-refractivity contribution in [2.24, 2.45) is 0 Å². The highest BCUT2D eigenvalue weighted by Gasteiger charge is 2.23. The van der Waals surface area contributed by atoms with Crippen LogP contribution < -0.4 is 5.32 Å². The molecule has 2 heterocycles. The average Bonchev–Trinajstić information content (AvgIpc) is 3.13. The van der Waals surface area contributed by atoms with Gasteiger partial charge in [0.05, 0.1) is 19.1 Å². The summed E-state index contributed by atoms with van der Waals surface area (Å²) in [6.45, 7) is 2.01. The smallest absolute Gasteiger partial charge is 0.374 e. The highest BCUT2D eigenvalue weighted by Crippen LogP contribution is 2.08. The number of rotatable bonds is 6. The number of amides is 1. The van der Waals surface area contributed by atoms with E-state index in [9.17, 15) is 9.59 Å². The summed E-state index contributed by atoms with van der Waals surface area (Å²) in [5.41, 5.74) is 0. The first-order valence-electron chi connectivity index (χ1n) is 6.25. The Morgan fingerprint density at radius 3 is 2.60 bits per heavy atom. The van der Waals surface area contributed by atoms with Crippen LogP contribution in [0, 0.1) is 0 Å². The Kier molecular flexibility index (Phi) is 4.60. The number of carbonyl (C=O) groups excluding carboxylic acids is 2. The monoisotopic (exact) mass is 277 g/mol. The van der Waals surface area contributed by atoms with Crippen molar-refractivity contribution in [3.05, 3.63) is 48.3 Å². The van der Waals surface area contributed by atoms with Gasteiger partial charge >= 0.3 is 5.97 Å². The molecular weight excluding hydrogens is 262 g/mol. The zero-order valence-corrected chi connectivity index (χ0v) is 11.0. The van der Waals surface area contributed by atoms with E-state index in [1.807, 2.05) is 0 Å². The minimum absolute atomic E-state index is 0.0716. The third-order valence-electron chi connectivity index (χ3n) is 2.65. The summed E-state index contributed by atoms with van der Waals surface area (Å²) in [5, 5.41) is 2.65. The van der Waals surface area contributed by atoms with Crippen molar-refractivity contribution in [1.82, 2.24) is 5.32 Å². The van der Waals surface area contributed by atoms with Crippen molar-refractivity contribution < 1.29 is 23.2 Å². The van der Waals surface area contributed by atoms with Crippen LogP contribution in [0.1, 0.15) is 29.7 Å². The van der Waals surface area contributed by atoms with Crippen molar-refractivity contribution in [1.29, 1.82) is 0 Å². The summed E-state index contributed by atoms with van der Waals surface area (Å²) in [7, 11) is 0. The highest BCUT2D eigenvalue weighted by atomic mass is 16.6. The molecule has 6 heteroatoms. The molecule has 6 nitrogen and oxygen atoms in total. The normalized spacial score (nSPS) is 11.8. The third kappa shape index (κ3) is 3.50. The van der Waals surface area contributed by atoms with Crippen molar-refractivity contribution in [2.75, 3.05) is 0 Å². The summed E-state index contributed by atoms with van der Waals surface area (Å²) in [4.78, 5) is 23.6. The molecule has 0 spiro atoms. The van der Waals surface area contributed by atoms with E-state index in [2.05, 4.69) is 5.32 Å². The standard InChI is InChI=1S/C14H15NO5/c1-2-11(20-14(17)12-6-4-8-19-12)13(16)15-9-10-5-3-7-18-10/h3-8,11H,2,9H2,1H3,(H,15,16)/t11-/m0/s1. The molecule has 1 N–H and O–H groups in total. The largest absolute Gasteiger partial charge is 0.467 e. The summed E-state index contributed by atoms with van der Waals surface area (Å²) in [6, 6.07) is 6.54. The lowest BCUT2D eigenvalue weighted by Crippen LogP contribution is -2.37. The van der Waals surface area contributed by atoms with Gasteiger partial charge < -0.3 is 18.9 Å². The van der Waals surface area contributed by atoms with Crippen molar-refractivity contribution >= 4 is 11.9 Å². The van der Waals surface area contributed by atoms with Gasteiger partial charge in [0.15, 0.2) is 6.10 Å². The molecule has 1 amide bonds. The molecule has 2 aromatic rings. The van der Waals surface area contributed by atoms with E-state index < -0.39 is 12.1 Å². The van der Waals surface area contributed by atoms with Crippen LogP contribution in [0.4, 0.5) is 0 Å². The first-order valence-corrected chi connectivity index (χ1v) is 6.25. The molecule has 0 radical (unpaired) electrons. The van der Waals surface area contributed by atoms with Crippen LogP contribution >= 0.6 is 0 Å². The number of hydrogen-bond acceptors (Lipinski definition) is 5. The van der Waals surface area contributed by atoms with Crippen LogP contribution in [-0.2, 0) is 16.1 Å². The molecule has 0 saturated carbocycles.